The monoisotopic (exact) mass is 212 g/mol. The first-order valence-corrected chi connectivity index (χ1v) is 6.82. The van der Waals surface area contributed by atoms with Crippen LogP contribution in [0.2, 0.25) is 0 Å². The summed E-state index contributed by atoms with van der Waals surface area (Å²) in [6, 6.07) is 0.720. The summed E-state index contributed by atoms with van der Waals surface area (Å²) in [5.74, 6) is 0. The Hall–Kier alpha value is -0.0800. The molecule has 1 unspecified atom stereocenters. The van der Waals surface area contributed by atoms with Gasteiger partial charge in [-0.2, -0.15) is 0 Å². The van der Waals surface area contributed by atoms with Gasteiger partial charge in [0.25, 0.3) is 0 Å². The number of likely N-dealkylation sites (N-methyl/N-ethyl adjacent to an activating group) is 1. The molecular formula is C13H28N2. The van der Waals surface area contributed by atoms with Crippen molar-refractivity contribution in [3.8, 4) is 0 Å². The molecule has 1 atom stereocenters. The van der Waals surface area contributed by atoms with Gasteiger partial charge in [0.1, 0.15) is 0 Å². The molecule has 0 bridgehead atoms. The molecule has 1 aliphatic rings. The van der Waals surface area contributed by atoms with Crippen LogP contribution in [-0.4, -0.2) is 37.1 Å². The van der Waals surface area contributed by atoms with Crippen LogP contribution in [0.4, 0.5) is 0 Å². The Kier molecular flexibility index (Phi) is 7.03. The Morgan fingerprint density at radius 2 is 1.73 bits per heavy atom. The Morgan fingerprint density at radius 3 is 2.27 bits per heavy atom. The van der Waals surface area contributed by atoms with Gasteiger partial charge in [-0.25, -0.2) is 0 Å². The lowest BCUT2D eigenvalue weighted by Gasteiger charge is -2.26. The summed E-state index contributed by atoms with van der Waals surface area (Å²) in [7, 11) is 0. The van der Waals surface area contributed by atoms with E-state index in [1.807, 2.05) is 0 Å². The summed E-state index contributed by atoms with van der Waals surface area (Å²) >= 11 is 0. The highest BCUT2D eigenvalue weighted by Crippen LogP contribution is 2.11. The van der Waals surface area contributed by atoms with Crippen molar-refractivity contribution in [3.05, 3.63) is 0 Å². The number of likely N-dealkylation sites (tertiary alicyclic amines) is 1. The van der Waals surface area contributed by atoms with Crippen LogP contribution < -0.4 is 5.32 Å². The van der Waals surface area contributed by atoms with Gasteiger partial charge >= 0.3 is 0 Å². The largest absolute Gasteiger partial charge is 0.313 e. The Labute approximate surface area is 95.4 Å². The molecule has 1 aliphatic heterocycles. The SMILES string of the molecule is CCCC(CN1CCCCCC1)NCC. The summed E-state index contributed by atoms with van der Waals surface area (Å²) in [6.07, 6.45) is 8.32. The van der Waals surface area contributed by atoms with Crippen LogP contribution in [0.25, 0.3) is 0 Å². The average molecular weight is 212 g/mol. The van der Waals surface area contributed by atoms with Crippen molar-refractivity contribution in [1.82, 2.24) is 10.2 Å². The van der Waals surface area contributed by atoms with Gasteiger partial charge in [-0.05, 0) is 38.9 Å². The molecule has 1 heterocycles. The Balaban J connectivity index is 2.27. The average Bonchev–Trinajstić information content (AvgIpc) is 2.47. The van der Waals surface area contributed by atoms with Crippen molar-refractivity contribution >= 4 is 0 Å². The minimum absolute atomic E-state index is 0.720. The molecule has 0 spiro atoms. The second-order valence-electron chi connectivity index (χ2n) is 4.76. The van der Waals surface area contributed by atoms with Crippen LogP contribution in [-0.2, 0) is 0 Å². The zero-order valence-corrected chi connectivity index (χ0v) is 10.6. The molecule has 1 N–H and O–H groups in total. The molecule has 0 radical (unpaired) electrons. The highest BCUT2D eigenvalue weighted by molar-refractivity contribution is 4.73. The summed E-state index contributed by atoms with van der Waals surface area (Å²) in [5, 5.41) is 3.61. The van der Waals surface area contributed by atoms with Gasteiger partial charge in [-0.15, -0.1) is 0 Å². The molecule has 1 rings (SSSR count). The third-order valence-electron chi connectivity index (χ3n) is 3.31. The van der Waals surface area contributed by atoms with E-state index in [4.69, 9.17) is 0 Å². The molecule has 2 nitrogen and oxygen atoms in total. The first-order chi connectivity index (χ1) is 7.36. The van der Waals surface area contributed by atoms with Gasteiger partial charge in [0.2, 0.25) is 0 Å². The Morgan fingerprint density at radius 1 is 1.07 bits per heavy atom. The summed E-state index contributed by atoms with van der Waals surface area (Å²) in [5.41, 5.74) is 0. The molecule has 0 amide bonds. The van der Waals surface area contributed by atoms with Crippen molar-refractivity contribution in [2.75, 3.05) is 26.2 Å². The summed E-state index contributed by atoms with van der Waals surface area (Å²) in [6.45, 7) is 9.52. The maximum atomic E-state index is 3.61. The number of hydrogen-bond donors (Lipinski definition) is 1. The normalized spacial score (nSPS) is 21.2. The minimum Gasteiger partial charge on any atom is -0.313 e. The van der Waals surface area contributed by atoms with E-state index >= 15 is 0 Å². The topological polar surface area (TPSA) is 15.3 Å². The van der Waals surface area contributed by atoms with Crippen LogP contribution >= 0.6 is 0 Å². The standard InChI is InChI=1S/C13H28N2/c1-3-9-13(14-4-2)12-15-10-7-5-6-8-11-15/h13-14H,3-12H2,1-2H3. The van der Waals surface area contributed by atoms with Crippen LogP contribution in [0.15, 0.2) is 0 Å². The van der Waals surface area contributed by atoms with Crippen molar-refractivity contribution in [2.45, 2.75) is 58.4 Å². The molecule has 0 saturated carbocycles. The van der Waals surface area contributed by atoms with Crippen molar-refractivity contribution in [1.29, 1.82) is 0 Å². The third-order valence-corrected chi connectivity index (χ3v) is 3.31. The summed E-state index contributed by atoms with van der Waals surface area (Å²) in [4.78, 5) is 2.66. The van der Waals surface area contributed by atoms with E-state index in [2.05, 4.69) is 24.1 Å². The molecule has 0 aromatic carbocycles. The zero-order chi connectivity index (χ0) is 10.9. The molecule has 2 heteroatoms. The fraction of sp³-hybridized carbons (Fsp3) is 1.00. The van der Waals surface area contributed by atoms with Gasteiger partial charge in [-0.1, -0.05) is 33.1 Å². The van der Waals surface area contributed by atoms with Gasteiger partial charge in [0.05, 0.1) is 0 Å². The van der Waals surface area contributed by atoms with E-state index in [9.17, 15) is 0 Å². The highest BCUT2D eigenvalue weighted by atomic mass is 15.1. The fourth-order valence-electron chi connectivity index (χ4n) is 2.53. The summed E-state index contributed by atoms with van der Waals surface area (Å²) < 4.78 is 0. The van der Waals surface area contributed by atoms with E-state index in [1.165, 1.54) is 58.2 Å². The van der Waals surface area contributed by atoms with E-state index in [1.54, 1.807) is 0 Å². The van der Waals surface area contributed by atoms with Crippen molar-refractivity contribution in [2.24, 2.45) is 0 Å². The van der Waals surface area contributed by atoms with Crippen LogP contribution in [0.5, 0.6) is 0 Å². The van der Waals surface area contributed by atoms with E-state index in [0.717, 1.165) is 12.6 Å². The molecule has 90 valence electrons. The first-order valence-electron chi connectivity index (χ1n) is 6.82. The zero-order valence-electron chi connectivity index (χ0n) is 10.6. The van der Waals surface area contributed by atoms with Crippen molar-refractivity contribution < 1.29 is 0 Å². The third kappa shape index (κ3) is 5.53. The first kappa shape index (κ1) is 13.0. The van der Waals surface area contributed by atoms with E-state index < -0.39 is 0 Å². The molecule has 0 aromatic rings. The van der Waals surface area contributed by atoms with Crippen LogP contribution in [0.3, 0.4) is 0 Å². The van der Waals surface area contributed by atoms with Gasteiger partial charge < -0.3 is 10.2 Å². The lowest BCUT2D eigenvalue weighted by molar-refractivity contribution is 0.245. The van der Waals surface area contributed by atoms with E-state index in [0.29, 0.717) is 0 Å². The van der Waals surface area contributed by atoms with Crippen molar-refractivity contribution in [3.63, 3.8) is 0 Å². The Bertz CT molecular complexity index is 133. The molecule has 1 fully saturated rings. The lowest BCUT2D eigenvalue weighted by Crippen LogP contribution is -2.41. The van der Waals surface area contributed by atoms with Crippen LogP contribution in [0.1, 0.15) is 52.4 Å². The molecule has 0 aromatic heterocycles. The number of rotatable bonds is 6. The maximum absolute atomic E-state index is 3.61. The number of nitrogens with zero attached hydrogens (tertiary/aromatic N) is 1. The number of hydrogen-bond acceptors (Lipinski definition) is 2. The van der Waals surface area contributed by atoms with Crippen LogP contribution in [0, 0.1) is 0 Å². The highest BCUT2D eigenvalue weighted by Gasteiger charge is 2.13. The van der Waals surface area contributed by atoms with Gasteiger partial charge in [-0.3, -0.25) is 0 Å². The predicted molar refractivity (Wildman–Crippen MR) is 67.3 cm³/mol. The smallest absolute Gasteiger partial charge is 0.0194 e. The predicted octanol–water partition coefficient (Wildman–Crippen LogP) is 2.64. The second kappa shape index (κ2) is 8.12. The molecule has 0 aliphatic carbocycles. The van der Waals surface area contributed by atoms with Gasteiger partial charge in [0, 0.05) is 12.6 Å². The second-order valence-corrected chi connectivity index (χ2v) is 4.76. The minimum atomic E-state index is 0.720. The van der Waals surface area contributed by atoms with E-state index in [-0.39, 0.29) is 0 Å². The number of nitrogens with one attached hydrogen (secondary N) is 1. The fourth-order valence-corrected chi connectivity index (χ4v) is 2.53. The molecular weight excluding hydrogens is 184 g/mol. The maximum Gasteiger partial charge on any atom is 0.0194 e. The molecule has 1 saturated heterocycles. The lowest BCUT2D eigenvalue weighted by atomic mass is 10.1. The van der Waals surface area contributed by atoms with Gasteiger partial charge in [0.15, 0.2) is 0 Å². The quantitative estimate of drug-likeness (QED) is 0.728. The molecule has 15 heavy (non-hydrogen) atoms.